The van der Waals surface area contributed by atoms with Gasteiger partial charge in [-0.25, -0.2) is 0 Å². The van der Waals surface area contributed by atoms with E-state index < -0.39 is 17.7 Å². The summed E-state index contributed by atoms with van der Waals surface area (Å²) in [5.41, 5.74) is 1.66. The molecule has 2 aliphatic rings. The SMILES string of the molecule is CCCCCOc1ccc([C@@H]2/C(=C(\O)c3ccc4c(c3)OCCO4)C(=O)C(=O)N2c2nnc(SCc3ccccc3Cl)s2)cc1OCC. The van der Waals surface area contributed by atoms with Gasteiger partial charge in [-0.05, 0) is 60.9 Å². The smallest absolute Gasteiger partial charge is 0.301 e. The molecule has 250 valence electrons. The van der Waals surface area contributed by atoms with Crippen molar-refractivity contribution in [1.82, 2.24) is 10.2 Å². The van der Waals surface area contributed by atoms with Crippen LogP contribution in [-0.2, 0) is 15.3 Å². The van der Waals surface area contributed by atoms with E-state index in [1.807, 2.05) is 31.2 Å². The Hall–Kier alpha value is -4.26. The number of amides is 1. The molecule has 2 aliphatic heterocycles. The van der Waals surface area contributed by atoms with Crippen LogP contribution in [0.5, 0.6) is 23.0 Å². The van der Waals surface area contributed by atoms with Crippen LogP contribution in [0.1, 0.15) is 55.8 Å². The number of carbonyl (C=O) groups is 2. The predicted octanol–water partition coefficient (Wildman–Crippen LogP) is 7.85. The van der Waals surface area contributed by atoms with Gasteiger partial charge in [-0.1, -0.05) is 78.7 Å². The van der Waals surface area contributed by atoms with Crippen molar-refractivity contribution in [2.45, 2.75) is 49.2 Å². The number of ether oxygens (including phenoxy) is 4. The molecule has 10 nitrogen and oxygen atoms in total. The van der Waals surface area contributed by atoms with E-state index >= 15 is 0 Å². The molecule has 0 spiro atoms. The largest absolute Gasteiger partial charge is 0.507 e. The van der Waals surface area contributed by atoms with Gasteiger partial charge in [-0.2, -0.15) is 0 Å². The summed E-state index contributed by atoms with van der Waals surface area (Å²) in [5.74, 6) is 0.470. The second kappa shape index (κ2) is 15.3. The molecule has 1 atom stereocenters. The zero-order chi connectivity index (χ0) is 33.6. The third kappa shape index (κ3) is 7.11. The van der Waals surface area contributed by atoms with Crippen molar-refractivity contribution in [3.05, 3.63) is 87.9 Å². The fourth-order valence-corrected chi connectivity index (χ4v) is 7.57. The third-order valence-electron chi connectivity index (χ3n) is 7.76. The molecule has 1 amide bonds. The number of nitrogens with zero attached hydrogens (tertiary/aromatic N) is 3. The number of thioether (sulfide) groups is 1. The van der Waals surface area contributed by atoms with Gasteiger partial charge in [0.25, 0.3) is 5.78 Å². The third-order valence-corrected chi connectivity index (χ3v) is 10.2. The lowest BCUT2D eigenvalue weighted by atomic mass is 9.95. The van der Waals surface area contributed by atoms with Crippen molar-refractivity contribution < 1.29 is 33.6 Å². The van der Waals surface area contributed by atoms with Crippen molar-refractivity contribution in [2.75, 3.05) is 31.3 Å². The number of aliphatic hydroxyl groups is 1. The molecule has 4 aromatic rings. The number of halogens is 1. The zero-order valence-electron chi connectivity index (χ0n) is 26.4. The van der Waals surface area contributed by atoms with Crippen LogP contribution >= 0.6 is 34.7 Å². The van der Waals surface area contributed by atoms with Crippen LogP contribution in [0.15, 0.2) is 70.6 Å². The summed E-state index contributed by atoms with van der Waals surface area (Å²) < 4.78 is 23.9. The van der Waals surface area contributed by atoms with Gasteiger partial charge in [-0.3, -0.25) is 14.5 Å². The van der Waals surface area contributed by atoms with Gasteiger partial charge in [0.15, 0.2) is 27.3 Å². The van der Waals surface area contributed by atoms with E-state index in [1.165, 1.54) is 28.0 Å². The summed E-state index contributed by atoms with van der Waals surface area (Å²) in [6, 6.07) is 16.7. The van der Waals surface area contributed by atoms with Gasteiger partial charge in [0.1, 0.15) is 19.0 Å². The molecule has 3 heterocycles. The minimum Gasteiger partial charge on any atom is -0.507 e. The molecule has 3 aromatic carbocycles. The first kappa shape index (κ1) is 33.6. The maximum absolute atomic E-state index is 13.8. The average Bonchev–Trinajstić information content (AvgIpc) is 3.67. The first-order chi connectivity index (χ1) is 23.4. The standard InChI is InChI=1S/C35H34ClN3O7S2/c1-3-5-8-15-44-25-13-11-21(18-27(25)43-4-2)30-29(31(40)22-12-14-26-28(19-22)46-17-16-45-26)32(41)33(42)39(30)34-37-38-35(48-34)47-20-23-9-6-7-10-24(23)36/h6-7,9-14,18-19,30,40H,3-5,8,15-17,20H2,1-2H3/b31-29+/t30-/m1/s1. The Balaban J connectivity index is 1.40. The Morgan fingerprint density at radius 2 is 1.81 bits per heavy atom. The van der Waals surface area contributed by atoms with Crippen molar-refractivity contribution >= 4 is 57.3 Å². The molecule has 1 fully saturated rings. The number of anilines is 1. The van der Waals surface area contributed by atoms with Crippen LogP contribution < -0.4 is 23.8 Å². The van der Waals surface area contributed by atoms with E-state index in [0.717, 1.165) is 24.8 Å². The molecule has 0 aliphatic carbocycles. The highest BCUT2D eigenvalue weighted by Crippen LogP contribution is 2.46. The number of unbranched alkanes of at least 4 members (excludes halogenated alkanes) is 2. The molecule has 6 rings (SSSR count). The summed E-state index contributed by atoms with van der Waals surface area (Å²) in [5, 5.41) is 21.2. The Morgan fingerprint density at radius 1 is 1.00 bits per heavy atom. The van der Waals surface area contributed by atoms with E-state index in [4.69, 9.17) is 30.5 Å². The Morgan fingerprint density at radius 3 is 2.60 bits per heavy atom. The van der Waals surface area contributed by atoms with E-state index in [9.17, 15) is 14.7 Å². The number of hydrogen-bond acceptors (Lipinski definition) is 11. The summed E-state index contributed by atoms with van der Waals surface area (Å²) in [6.07, 6.45) is 3.00. The molecule has 0 radical (unpaired) electrons. The van der Waals surface area contributed by atoms with E-state index in [0.29, 0.717) is 75.7 Å². The number of fused-ring (bicyclic) bond motifs is 1. The van der Waals surface area contributed by atoms with Crippen molar-refractivity contribution in [1.29, 1.82) is 0 Å². The van der Waals surface area contributed by atoms with Gasteiger partial charge in [-0.15, -0.1) is 10.2 Å². The highest BCUT2D eigenvalue weighted by atomic mass is 35.5. The van der Waals surface area contributed by atoms with Crippen LogP contribution in [0.25, 0.3) is 5.76 Å². The number of Topliss-reactive ketones (excluding diaryl/α,β-unsaturated/α-hetero) is 1. The number of aromatic nitrogens is 2. The first-order valence-corrected chi connectivity index (χ1v) is 17.9. The lowest BCUT2D eigenvalue weighted by molar-refractivity contribution is -0.132. The summed E-state index contributed by atoms with van der Waals surface area (Å²) in [4.78, 5) is 28.9. The van der Waals surface area contributed by atoms with Crippen molar-refractivity contribution in [3.8, 4) is 23.0 Å². The minimum absolute atomic E-state index is 0.101. The van der Waals surface area contributed by atoms with Crippen LogP contribution in [0.3, 0.4) is 0 Å². The molecule has 1 aromatic heterocycles. The number of hydrogen-bond donors (Lipinski definition) is 1. The molecule has 1 saturated heterocycles. The number of carbonyl (C=O) groups excluding carboxylic acids is 2. The number of benzene rings is 3. The Kier molecular flexibility index (Phi) is 10.7. The molecule has 48 heavy (non-hydrogen) atoms. The lowest BCUT2D eigenvalue weighted by Crippen LogP contribution is -2.29. The highest BCUT2D eigenvalue weighted by molar-refractivity contribution is 8.00. The molecular formula is C35H34ClN3O7S2. The average molecular weight is 708 g/mol. The fourth-order valence-electron chi connectivity index (χ4n) is 5.42. The highest BCUT2D eigenvalue weighted by Gasteiger charge is 2.48. The van der Waals surface area contributed by atoms with E-state index in [1.54, 1.807) is 36.4 Å². The van der Waals surface area contributed by atoms with Gasteiger partial charge >= 0.3 is 5.91 Å². The number of ketones is 1. The Labute approximate surface area is 291 Å². The van der Waals surface area contributed by atoms with Crippen LogP contribution in [0.4, 0.5) is 5.13 Å². The fraction of sp³-hybridized carbons (Fsp3) is 0.314. The summed E-state index contributed by atoms with van der Waals surface area (Å²) >= 11 is 8.94. The van der Waals surface area contributed by atoms with Crippen molar-refractivity contribution in [3.63, 3.8) is 0 Å². The topological polar surface area (TPSA) is 120 Å². The summed E-state index contributed by atoms with van der Waals surface area (Å²) in [7, 11) is 0. The Bertz CT molecular complexity index is 1850. The monoisotopic (exact) mass is 707 g/mol. The second-order valence-corrected chi connectivity index (χ2v) is 13.5. The van der Waals surface area contributed by atoms with Gasteiger partial charge in [0, 0.05) is 16.3 Å². The maximum Gasteiger partial charge on any atom is 0.301 e. The van der Waals surface area contributed by atoms with Crippen LogP contribution in [0, 0.1) is 0 Å². The van der Waals surface area contributed by atoms with Gasteiger partial charge in [0.2, 0.25) is 5.13 Å². The van der Waals surface area contributed by atoms with E-state index in [2.05, 4.69) is 17.1 Å². The van der Waals surface area contributed by atoms with Crippen molar-refractivity contribution in [2.24, 2.45) is 0 Å². The normalized spacial score (nSPS) is 16.7. The molecule has 0 bridgehead atoms. The first-order valence-electron chi connectivity index (χ1n) is 15.7. The van der Waals surface area contributed by atoms with E-state index in [-0.39, 0.29) is 16.5 Å². The van der Waals surface area contributed by atoms with Gasteiger partial charge < -0.3 is 24.1 Å². The lowest BCUT2D eigenvalue weighted by Gasteiger charge is -2.24. The maximum atomic E-state index is 13.8. The quantitative estimate of drug-likeness (QED) is 0.0367. The van der Waals surface area contributed by atoms with Crippen LogP contribution in [-0.4, -0.2) is 53.4 Å². The zero-order valence-corrected chi connectivity index (χ0v) is 28.8. The molecule has 0 unspecified atom stereocenters. The van der Waals surface area contributed by atoms with Crippen LogP contribution in [0.2, 0.25) is 5.02 Å². The second-order valence-electron chi connectivity index (χ2n) is 11.0. The minimum atomic E-state index is -1.04. The molecular weight excluding hydrogens is 674 g/mol. The predicted molar refractivity (Wildman–Crippen MR) is 186 cm³/mol. The van der Waals surface area contributed by atoms with Gasteiger partial charge in [0.05, 0.1) is 24.8 Å². The number of rotatable bonds is 13. The summed E-state index contributed by atoms with van der Waals surface area (Å²) in [6.45, 7) is 5.64. The molecule has 0 saturated carbocycles. The molecule has 1 N–H and O–H groups in total. The molecule has 13 heteroatoms. The number of aliphatic hydroxyl groups excluding tert-OH is 1.